The Labute approximate surface area is 167 Å². The smallest absolute Gasteiger partial charge is 0.410 e. The molecule has 3 rings (SSSR count). The van der Waals surface area contributed by atoms with Crippen LogP contribution in [0, 0.1) is 0 Å². The maximum absolute atomic E-state index is 12.4. The van der Waals surface area contributed by atoms with Gasteiger partial charge in [0.2, 0.25) is 0 Å². The molecule has 1 atom stereocenters. The summed E-state index contributed by atoms with van der Waals surface area (Å²) in [6, 6.07) is 5.62. The minimum absolute atomic E-state index is 0.201. The summed E-state index contributed by atoms with van der Waals surface area (Å²) in [4.78, 5) is 29.5. The van der Waals surface area contributed by atoms with Gasteiger partial charge in [0.15, 0.2) is 0 Å². The lowest BCUT2D eigenvalue weighted by Crippen LogP contribution is -2.42. The number of fused-ring (bicyclic) bond motifs is 1. The zero-order chi connectivity index (χ0) is 19.8. The fourth-order valence-electron chi connectivity index (χ4n) is 3.40. The lowest BCUT2D eigenvalue weighted by atomic mass is 9.95. The second-order valence-electron chi connectivity index (χ2n) is 7.90. The zero-order valence-electron chi connectivity index (χ0n) is 16.1. The van der Waals surface area contributed by atoms with Crippen molar-refractivity contribution in [3.63, 3.8) is 0 Å². The molecule has 1 aliphatic heterocycles. The van der Waals surface area contributed by atoms with Crippen LogP contribution in [0.3, 0.4) is 0 Å². The van der Waals surface area contributed by atoms with Crippen LogP contribution >= 0.6 is 15.9 Å². The molecule has 2 heterocycles. The van der Waals surface area contributed by atoms with Crippen LogP contribution in [-0.4, -0.2) is 47.7 Å². The first-order valence-electron chi connectivity index (χ1n) is 9.06. The summed E-state index contributed by atoms with van der Waals surface area (Å²) >= 11 is 3.53. The van der Waals surface area contributed by atoms with Gasteiger partial charge in [-0.3, -0.25) is 0 Å². The SMILES string of the molecule is COC(=O)c1cc(Br)c2[nH]c(C3CCCN(C(=O)OC(C)(C)C)C3)cc2c1. The van der Waals surface area contributed by atoms with Gasteiger partial charge in [-0.25, -0.2) is 9.59 Å². The number of aromatic amines is 1. The van der Waals surface area contributed by atoms with Crippen molar-refractivity contribution in [3.8, 4) is 0 Å². The van der Waals surface area contributed by atoms with Gasteiger partial charge in [-0.1, -0.05) is 0 Å². The first kappa shape index (κ1) is 19.7. The number of hydrogen-bond donors (Lipinski definition) is 1. The van der Waals surface area contributed by atoms with Crippen LogP contribution in [0.1, 0.15) is 55.6 Å². The lowest BCUT2D eigenvalue weighted by molar-refractivity contribution is 0.0197. The molecule has 1 aromatic carbocycles. The monoisotopic (exact) mass is 436 g/mol. The average molecular weight is 437 g/mol. The predicted molar refractivity (Wildman–Crippen MR) is 107 cm³/mol. The van der Waals surface area contributed by atoms with E-state index < -0.39 is 5.60 Å². The molecule has 6 nitrogen and oxygen atoms in total. The molecule has 0 spiro atoms. The van der Waals surface area contributed by atoms with Crippen molar-refractivity contribution in [1.82, 2.24) is 9.88 Å². The molecule has 1 unspecified atom stereocenters. The minimum atomic E-state index is -0.500. The van der Waals surface area contributed by atoms with E-state index in [1.54, 1.807) is 11.0 Å². The van der Waals surface area contributed by atoms with Gasteiger partial charge in [0.05, 0.1) is 18.2 Å². The highest BCUT2D eigenvalue weighted by Crippen LogP contribution is 2.33. The number of esters is 1. The molecule has 1 fully saturated rings. The second kappa shape index (κ2) is 7.54. The predicted octanol–water partition coefficient (Wildman–Crippen LogP) is 4.83. The van der Waals surface area contributed by atoms with E-state index in [1.165, 1.54) is 7.11 Å². The van der Waals surface area contributed by atoms with Gasteiger partial charge >= 0.3 is 12.1 Å². The van der Waals surface area contributed by atoms with Gasteiger partial charge < -0.3 is 19.4 Å². The lowest BCUT2D eigenvalue weighted by Gasteiger charge is -2.33. The normalized spacial score (nSPS) is 17.8. The van der Waals surface area contributed by atoms with Crippen molar-refractivity contribution in [2.24, 2.45) is 0 Å². The summed E-state index contributed by atoms with van der Waals surface area (Å²) in [5.41, 5.74) is 2.00. The molecule has 0 aliphatic carbocycles. The number of rotatable bonds is 2. The molecule has 1 amide bonds. The number of nitrogens with zero attached hydrogens (tertiary/aromatic N) is 1. The van der Waals surface area contributed by atoms with Gasteiger partial charge in [0, 0.05) is 34.6 Å². The Morgan fingerprint density at radius 2 is 2.00 bits per heavy atom. The Hall–Kier alpha value is -2.02. The molecule has 0 bridgehead atoms. The van der Waals surface area contributed by atoms with Gasteiger partial charge in [-0.15, -0.1) is 0 Å². The molecule has 0 saturated carbocycles. The zero-order valence-corrected chi connectivity index (χ0v) is 17.7. The van der Waals surface area contributed by atoms with Crippen molar-refractivity contribution in [3.05, 3.63) is 33.9 Å². The van der Waals surface area contributed by atoms with Crippen LogP contribution in [0.2, 0.25) is 0 Å². The van der Waals surface area contributed by atoms with E-state index in [4.69, 9.17) is 9.47 Å². The highest BCUT2D eigenvalue weighted by Gasteiger charge is 2.29. The molecule has 7 heteroatoms. The molecule has 146 valence electrons. The number of ether oxygens (including phenoxy) is 2. The number of halogens is 1. The molecule has 27 heavy (non-hydrogen) atoms. The summed E-state index contributed by atoms with van der Waals surface area (Å²) in [7, 11) is 1.37. The van der Waals surface area contributed by atoms with Crippen LogP contribution in [0.5, 0.6) is 0 Å². The number of aromatic nitrogens is 1. The highest BCUT2D eigenvalue weighted by molar-refractivity contribution is 9.10. The standard InChI is InChI=1S/C20H25BrN2O4/c1-20(2,3)27-19(25)23-7-5-6-12(11-23)16-10-13-8-14(18(24)26-4)9-15(21)17(13)22-16/h8-10,12,22H,5-7,11H2,1-4H3. The topological polar surface area (TPSA) is 71.6 Å². The Balaban J connectivity index is 1.83. The number of hydrogen-bond acceptors (Lipinski definition) is 4. The number of H-pyrrole nitrogens is 1. The summed E-state index contributed by atoms with van der Waals surface area (Å²) < 4.78 is 11.1. The van der Waals surface area contributed by atoms with Crippen LogP contribution in [0.25, 0.3) is 10.9 Å². The Kier molecular flexibility index (Phi) is 5.51. The Bertz CT molecular complexity index is 869. The van der Waals surface area contributed by atoms with Gasteiger partial charge in [0.25, 0.3) is 0 Å². The van der Waals surface area contributed by atoms with E-state index >= 15 is 0 Å². The Morgan fingerprint density at radius 3 is 2.67 bits per heavy atom. The van der Waals surface area contributed by atoms with E-state index in [9.17, 15) is 9.59 Å². The molecule has 1 aliphatic rings. The summed E-state index contributed by atoms with van der Waals surface area (Å²) in [6.45, 7) is 6.95. The van der Waals surface area contributed by atoms with E-state index in [0.717, 1.165) is 33.9 Å². The highest BCUT2D eigenvalue weighted by atomic mass is 79.9. The van der Waals surface area contributed by atoms with Crippen molar-refractivity contribution in [2.45, 2.75) is 45.1 Å². The largest absolute Gasteiger partial charge is 0.465 e. The summed E-state index contributed by atoms with van der Waals surface area (Å²) in [5, 5.41) is 0.939. The maximum atomic E-state index is 12.4. The van der Waals surface area contributed by atoms with Crippen molar-refractivity contribution >= 4 is 38.9 Å². The van der Waals surface area contributed by atoms with Crippen LogP contribution in [-0.2, 0) is 9.47 Å². The van der Waals surface area contributed by atoms with Crippen LogP contribution in [0.4, 0.5) is 4.79 Å². The number of methoxy groups -OCH3 is 1. The number of likely N-dealkylation sites (tertiary alicyclic amines) is 1. The van der Waals surface area contributed by atoms with E-state index in [0.29, 0.717) is 18.7 Å². The van der Waals surface area contributed by atoms with Gasteiger partial charge in [-0.2, -0.15) is 0 Å². The molecule has 1 saturated heterocycles. The first-order chi connectivity index (χ1) is 12.7. The van der Waals surface area contributed by atoms with Crippen molar-refractivity contribution in [2.75, 3.05) is 20.2 Å². The van der Waals surface area contributed by atoms with Crippen LogP contribution < -0.4 is 0 Å². The number of benzene rings is 1. The molecule has 2 aromatic rings. The van der Waals surface area contributed by atoms with Crippen molar-refractivity contribution in [1.29, 1.82) is 0 Å². The Morgan fingerprint density at radius 1 is 1.26 bits per heavy atom. The fraction of sp³-hybridized carbons (Fsp3) is 0.500. The number of piperidine rings is 1. The molecule has 1 N–H and O–H groups in total. The van der Waals surface area contributed by atoms with Gasteiger partial charge in [0.1, 0.15) is 5.60 Å². The third kappa shape index (κ3) is 4.46. The maximum Gasteiger partial charge on any atom is 0.410 e. The summed E-state index contributed by atoms with van der Waals surface area (Å²) in [5.74, 6) is -0.165. The molecular weight excluding hydrogens is 412 g/mol. The quantitative estimate of drug-likeness (QED) is 0.684. The molecule has 1 aromatic heterocycles. The number of carbonyl (C=O) groups is 2. The number of carbonyl (C=O) groups excluding carboxylic acids is 2. The summed E-state index contributed by atoms with van der Waals surface area (Å²) in [6.07, 6.45) is 1.65. The number of amides is 1. The van der Waals surface area contributed by atoms with Crippen molar-refractivity contribution < 1.29 is 19.1 Å². The third-order valence-electron chi connectivity index (χ3n) is 4.64. The molecule has 0 radical (unpaired) electrons. The third-order valence-corrected chi connectivity index (χ3v) is 5.26. The minimum Gasteiger partial charge on any atom is -0.465 e. The second-order valence-corrected chi connectivity index (χ2v) is 8.76. The van der Waals surface area contributed by atoms with E-state index in [-0.39, 0.29) is 18.0 Å². The van der Waals surface area contributed by atoms with E-state index in [2.05, 4.69) is 27.0 Å². The fourth-order valence-corrected chi connectivity index (χ4v) is 3.98. The van der Waals surface area contributed by atoms with Gasteiger partial charge in [-0.05, 0) is 67.7 Å². The first-order valence-corrected chi connectivity index (χ1v) is 9.85. The average Bonchev–Trinajstić information content (AvgIpc) is 3.04. The van der Waals surface area contributed by atoms with Crippen LogP contribution in [0.15, 0.2) is 22.7 Å². The van der Waals surface area contributed by atoms with E-state index in [1.807, 2.05) is 26.8 Å². The molecular formula is C20H25BrN2O4. The number of nitrogens with one attached hydrogen (secondary N) is 1.